The molecule has 5 rings (SSSR count). The average molecular weight is 719 g/mol. The number of methoxy groups -OCH3 is 1. The summed E-state index contributed by atoms with van der Waals surface area (Å²) in [7, 11) is 1.56. The first-order chi connectivity index (χ1) is 20.2. The summed E-state index contributed by atoms with van der Waals surface area (Å²) in [4.78, 5) is 31.9. The molecule has 0 saturated carbocycles. The van der Waals surface area contributed by atoms with Crippen LogP contribution in [0.2, 0.25) is 5.02 Å². The van der Waals surface area contributed by atoms with E-state index in [1.165, 1.54) is 28.0 Å². The van der Waals surface area contributed by atoms with Crippen molar-refractivity contribution in [3.63, 3.8) is 0 Å². The Labute approximate surface area is 263 Å². The number of halogens is 3. The molecule has 216 valence electrons. The van der Waals surface area contributed by atoms with Crippen LogP contribution in [0, 0.1) is 9.39 Å². The van der Waals surface area contributed by atoms with E-state index in [0.717, 1.165) is 14.7 Å². The number of rotatable bonds is 8. The van der Waals surface area contributed by atoms with Gasteiger partial charge in [-0.05, 0) is 95.6 Å². The molecule has 0 amide bonds. The van der Waals surface area contributed by atoms with Gasteiger partial charge in [-0.3, -0.25) is 9.36 Å². The van der Waals surface area contributed by atoms with Crippen LogP contribution in [-0.2, 0) is 16.1 Å². The lowest BCUT2D eigenvalue weighted by Gasteiger charge is -2.24. The van der Waals surface area contributed by atoms with E-state index in [9.17, 15) is 14.0 Å². The first kappa shape index (κ1) is 30.0. The number of aromatic nitrogens is 1. The molecular weight excluding hydrogens is 694 g/mol. The number of allylic oxidation sites excluding steroid dienone is 1. The second-order valence-electron chi connectivity index (χ2n) is 9.30. The minimum atomic E-state index is -0.818. The summed E-state index contributed by atoms with van der Waals surface area (Å²) in [6.45, 7) is 3.90. The standard InChI is InChI=1S/C31H25ClFIN2O5S/c1-4-40-30(38)26-17(2)35-31-36(27(26)20-7-11-22(33)12-8-20)29(37)25(42-31)15-19-13-23(34)28(24(14-19)39-3)41-16-18-5-9-21(32)10-6-18/h5-15,27H,4,16H2,1-3H3/b25-15-/t27-/m0/s1. The molecule has 1 aliphatic rings. The first-order valence-electron chi connectivity index (χ1n) is 12.9. The second kappa shape index (κ2) is 12.8. The molecule has 0 radical (unpaired) electrons. The van der Waals surface area contributed by atoms with E-state index in [1.807, 2.05) is 18.2 Å². The third-order valence-corrected chi connectivity index (χ3v) is 8.58. The molecule has 1 aliphatic heterocycles. The maximum atomic E-state index is 13.9. The fourth-order valence-electron chi connectivity index (χ4n) is 4.60. The zero-order valence-electron chi connectivity index (χ0n) is 22.8. The normalized spacial score (nSPS) is 14.8. The lowest BCUT2D eigenvalue weighted by Crippen LogP contribution is -2.39. The smallest absolute Gasteiger partial charge is 0.338 e. The van der Waals surface area contributed by atoms with Gasteiger partial charge in [-0.25, -0.2) is 14.2 Å². The third-order valence-electron chi connectivity index (χ3n) is 6.55. The number of benzene rings is 3. The van der Waals surface area contributed by atoms with Crippen LogP contribution < -0.4 is 24.4 Å². The lowest BCUT2D eigenvalue weighted by molar-refractivity contribution is -0.139. The molecule has 0 spiro atoms. The molecule has 0 aliphatic carbocycles. The van der Waals surface area contributed by atoms with Gasteiger partial charge in [0.05, 0.1) is 39.1 Å². The topological polar surface area (TPSA) is 79.1 Å². The van der Waals surface area contributed by atoms with Crippen molar-refractivity contribution in [3.8, 4) is 11.5 Å². The van der Waals surface area contributed by atoms with E-state index >= 15 is 0 Å². The number of fused-ring (bicyclic) bond motifs is 1. The summed E-state index contributed by atoms with van der Waals surface area (Å²) >= 11 is 9.36. The molecule has 42 heavy (non-hydrogen) atoms. The van der Waals surface area contributed by atoms with Gasteiger partial charge in [0, 0.05) is 5.02 Å². The van der Waals surface area contributed by atoms with Gasteiger partial charge in [0.1, 0.15) is 12.4 Å². The molecular formula is C31H25ClFIN2O5S. The Hall–Kier alpha value is -3.48. The van der Waals surface area contributed by atoms with Crippen molar-refractivity contribution in [3.05, 3.63) is 123 Å². The Kier molecular flexibility index (Phi) is 9.14. The fourth-order valence-corrected chi connectivity index (χ4v) is 6.56. The second-order valence-corrected chi connectivity index (χ2v) is 11.9. The monoisotopic (exact) mass is 718 g/mol. The summed E-state index contributed by atoms with van der Waals surface area (Å²) < 4.78 is 33.5. The molecule has 0 saturated heterocycles. The molecule has 3 aromatic carbocycles. The minimum Gasteiger partial charge on any atom is -0.493 e. The number of hydrogen-bond acceptors (Lipinski definition) is 7. The molecule has 0 unspecified atom stereocenters. The molecule has 4 aromatic rings. The van der Waals surface area contributed by atoms with Crippen LogP contribution in [0.4, 0.5) is 4.39 Å². The predicted molar refractivity (Wildman–Crippen MR) is 168 cm³/mol. The Morgan fingerprint density at radius 2 is 1.88 bits per heavy atom. The zero-order chi connectivity index (χ0) is 30.0. The molecule has 0 bridgehead atoms. The largest absolute Gasteiger partial charge is 0.493 e. The quantitative estimate of drug-likeness (QED) is 0.171. The summed E-state index contributed by atoms with van der Waals surface area (Å²) in [6.07, 6.45) is 1.75. The van der Waals surface area contributed by atoms with E-state index in [1.54, 1.807) is 57.4 Å². The molecule has 2 heterocycles. The summed E-state index contributed by atoms with van der Waals surface area (Å²) in [6, 6.07) is 16.0. The number of esters is 1. The predicted octanol–water partition coefficient (Wildman–Crippen LogP) is 5.78. The molecule has 1 aromatic heterocycles. The van der Waals surface area contributed by atoms with Crippen molar-refractivity contribution in [1.82, 2.24) is 4.57 Å². The lowest BCUT2D eigenvalue weighted by atomic mass is 9.96. The number of carbonyl (C=O) groups excluding carboxylic acids is 1. The van der Waals surface area contributed by atoms with Crippen LogP contribution in [0.1, 0.15) is 36.6 Å². The van der Waals surface area contributed by atoms with Gasteiger partial charge in [-0.15, -0.1) is 0 Å². The molecule has 0 N–H and O–H groups in total. The van der Waals surface area contributed by atoms with E-state index in [0.29, 0.717) is 43.7 Å². The molecule has 1 atom stereocenters. The first-order valence-corrected chi connectivity index (χ1v) is 15.2. The summed E-state index contributed by atoms with van der Waals surface area (Å²) in [5.74, 6) is 0.0988. The van der Waals surface area contributed by atoms with Crippen LogP contribution in [0.5, 0.6) is 11.5 Å². The number of ether oxygens (including phenoxy) is 3. The zero-order valence-corrected chi connectivity index (χ0v) is 26.6. The van der Waals surface area contributed by atoms with Crippen LogP contribution in [0.3, 0.4) is 0 Å². The van der Waals surface area contributed by atoms with Gasteiger partial charge in [0.2, 0.25) is 0 Å². The molecule has 11 heteroatoms. The van der Waals surface area contributed by atoms with Crippen molar-refractivity contribution >= 4 is 57.6 Å². The van der Waals surface area contributed by atoms with E-state index in [4.69, 9.17) is 25.8 Å². The number of thiazole rings is 1. The maximum Gasteiger partial charge on any atom is 0.338 e. The van der Waals surface area contributed by atoms with E-state index in [2.05, 4.69) is 27.6 Å². The summed E-state index contributed by atoms with van der Waals surface area (Å²) in [5, 5.41) is 0.650. The molecule has 0 fully saturated rings. The van der Waals surface area contributed by atoms with Crippen molar-refractivity contribution in [1.29, 1.82) is 0 Å². The number of nitrogens with zero attached hydrogens (tertiary/aromatic N) is 2. The van der Waals surface area contributed by atoms with Crippen LogP contribution >= 0.6 is 45.5 Å². The van der Waals surface area contributed by atoms with Gasteiger partial charge in [-0.2, -0.15) is 0 Å². The SMILES string of the molecule is CCOC(=O)C1=C(C)N=c2s/c(=C\c3cc(I)c(OCc4ccc(Cl)cc4)c(OC)c3)c(=O)n2[C@H]1c1ccc(F)cc1. The highest BCUT2D eigenvalue weighted by Gasteiger charge is 2.33. The maximum absolute atomic E-state index is 13.9. The Balaban J connectivity index is 1.56. The number of carbonyl (C=O) groups is 1. The van der Waals surface area contributed by atoms with Gasteiger partial charge < -0.3 is 14.2 Å². The Bertz CT molecular complexity index is 1870. The third kappa shape index (κ3) is 6.16. The number of hydrogen-bond donors (Lipinski definition) is 0. The van der Waals surface area contributed by atoms with Crippen molar-refractivity contribution in [2.75, 3.05) is 13.7 Å². The summed E-state index contributed by atoms with van der Waals surface area (Å²) in [5.41, 5.74) is 2.59. The van der Waals surface area contributed by atoms with Crippen molar-refractivity contribution in [2.24, 2.45) is 4.99 Å². The van der Waals surface area contributed by atoms with Crippen LogP contribution in [-0.4, -0.2) is 24.3 Å². The highest BCUT2D eigenvalue weighted by molar-refractivity contribution is 14.1. The van der Waals surface area contributed by atoms with Gasteiger partial charge >= 0.3 is 5.97 Å². The minimum absolute atomic E-state index is 0.163. The average Bonchev–Trinajstić information content (AvgIpc) is 3.26. The van der Waals surface area contributed by atoms with Crippen molar-refractivity contribution in [2.45, 2.75) is 26.5 Å². The van der Waals surface area contributed by atoms with E-state index in [-0.39, 0.29) is 17.7 Å². The van der Waals surface area contributed by atoms with Gasteiger partial charge in [-0.1, -0.05) is 47.2 Å². The van der Waals surface area contributed by atoms with Crippen LogP contribution in [0.15, 0.2) is 81.7 Å². The Morgan fingerprint density at radius 3 is 2.55 bits per heavy atom. The fraction of sp³-hybridized carbons (Fsp3) is 0.194. The molecule has 7 nitrogen and oxygen atoms in total. The van der Waals surface area contributed by atoms with Gasteiger partial charge in [0.25, 0.3) is 5.56 Å². The Morgan fingerprint density at radius 1 is 1.17 bits per heavy atom. The van der Waals surface area contributed by atoms with Gasteiger partial charge in [0.15, 0.2) is 16.3 Å². The van der Waals surface area contributed by atoms with E-state index < -0.39 is 17.8 Å². The highest BCUT2D eigenvalue weighted by Crippen LogP contribution is 2.35. The highest BCUT2D eigenvalue weighted by atomic mass is 127. The van der Waals surface area contributed by atoms with Crippen molar-refractivity contribution < 1.29 is 23.4 Å². The van der Waals surface area contributed by atoms with Crippen LogP contribution in [0.25, 0.3) is 6.08 Å².